The van der Waals surface area contributed by atoms with Gasteiger partial charge in [-0.15, -0.1) is 5.10 Å². The third-order valence-electron chi connectivity index (χ3n) is 7.56. The highest BCUT2D eigenvalue weighted by Gasteiger charge is 2.28. The summed E-state index contributed by atoms with van der Waals surface area (Å²) in [5.41, 5.74) is 5.25. The molecule has 1 saturated heterocycles. The van der Waals surface area contributed by atoms with Gasteiger partial charge in [-0.05, 0) is 80.9 Å². The van der Waals surface area contributed by atoms with E-state index in [1.165, 1.54) is 61.2 Å². The number of rotatable bonds is 9. The third kappa shape index (κ3) is 6.14. The van der Waals surface area contributed by atoms with E-state index in [4.69, 9.17) is 0 Å². The van der Waals surface area contributed by atoms with Gasteiger partial charge >= 0.3 is 5.97 Å². The second-order valence-electron chi connectivity index (χ2n) is 10.5. The Hall–Kier alpha value is -3.08. The number of fused-ring (bicyclic) bond motifs is 1. The maximum absolute atomic E-state index is 12.8. The van der Waals surface area contributed by atoms with Crippen molar-refractivity contribution in [2.45, 2.75) is 75.4 Å². The molecule has 202 valence electrons. The molecule has 0 radical (unpaired) electrons. The molecule has 10 heteroatoms. The minimum absolute atomic E-state index is 0.0245. The van der Waals surface area contributed by atoms with Crippen LogP contribution in [0.1, 0.15) is 66.1 Å². The minimum atomic E-state index is -4.00. The van der Waals surface area contributed by atoms with Gasteiger partial charge in [0.05, 0.1) is 16.6 Å². The summed E-state index contributed by atoms with van der Waals surface area (Å²) in [5.74, 6) is -1.26. The van der Waals surface area contributed by atoms with Gasteiger partial charge in [0.25, 0.3) is 0 Å². The lowest BCUT2D eigenvalue weighted by Gasteiger charge is -2.29. The SMILES string of the molecule is Cc1ccc(S(=O)(=O)N[C@H](Cc2cn([C@@H]3CCCc4cc(CN5CCCCC5)ccc43)nn2)C(=O)O)cc1. The van der Waals surface area contributed by atoms with E-state index in [-0.39, 0.29) is 17.4 Å². The average molecular weight is 538 g/mol. The summed E-state index contributed by atoms with van der Waals surface area (Å²) in [6.07, 6.45) is 8.51. The van der Waals surface area contributed by atoms with Crippen molar-refractivity contribution in [2.24, 2.45) is 0 Å². The highest BCUT2D eigenvalue weighted by molar-refractivity contribution is 7.89. The molecule has 0 saturated carbocycles. The molecule has 0 spiro atoms. The van der Waals surface area contributed by atoms with Crippen LogP contribution < -0.4 is 4.72 Å². The van der Waals surface area contributed by atoms with Gasteiger partial charge in [-0.2, -0.15) is 4.72 Å². The number of nitrogens with one attached hydrogen (secondary N) is 1. The topological polar surface area (TPSA) is 117 Å². The van der Waals surface area contributed by atoms with E-state index in [1.54, 1.807) is 23.0 Å². The number of aliphatic carboxylic acids is 1. The summed E-state index contributed by atoms with van der Waals surface area (Å²) in [5, 5.41) is 18.3. The van der Waals surface area contributed by atoms with E-state index in [0.29, 0.717) is 5.69 Å². The number of carbonyl (C=O) groups is 1. The number of carboxylic acids is 1. The molecule has 5 rings (SSSR count). The Labute approximate surface area is 223 Å². The molecule has 3 aromatic rings. The first kappa shape index (κ1) is 26.5. The molecular formula is C28H35N5O4S. The fourth-order valence-electron chi connectivity index (χ4n) is 5.51. The number of aryl methyl sites for hydroxylation is 2. The smallest absolute Gasteiger partial charge is 0.322 e. The number of nitrogens with zero attached hydrogens (tertiary/aromatic N) is 4. The number of aromatic nitrogens is 3. The Bertz CT molecular complexity index is 1380. The molecule has 1 aromatic heterocycles. The van der Waals surface area contributed by atoms with Crippen LogP contribution in [0.15, 0.2) is 53.6 Å². The Kier molecular flexibility index (Phi) is 7.92. The normalized spacial score (nSPS) is 19.1. The molecule has 0 unspecified atom stereocenters. The number of hydrogen-bond donors (Lipinski definition) is 2. The zero-order valence-electron chi connectivity index (χ0n) is 21.7. The molecule has 2 N–H and O–H groups in total. The van der Waals surface area contributed by atoms with Crippen LogP contribution in [0.25, 0.3) is 0 Å². The van der Waals surface area contributed by atoms with Crippen molar-refractivity contribution in [2.75, 3.05) is 13.1 Å². The van der Waals surface area contributed by atoms with Gasteiger partial charge in [-0.1, -0.05) is 47.5 Å². The molecule has 1 aliphatic heterocycles. The van der Waals surface area contributed by atoms with E-state index < -0.39 is 22.0 Å². The molecule has 2 atom stereocenters. The number of piperidine rings is 1. The fraction of sp³-hybridized carbons (Fsp3) is 0.464. The maximum atomic E-state index is 12.8. The standard InChI is InChI=1S/C28H35N5O4S/c1-20-8-11-24(12-9-20)38(36,37)30-26(28(34)35)17-23-19-33(31-29-23)27-7-5-6-22-16-21(10-13-25(22)27)18-32-14-3-2-4-15-32/h8-13,16,19,26-27,30H,2-7,14-15,17-18H2,1H3,(H,34,35)/t26-,27-/m1/s1. The van der Waals surface area contributed by atoms with Gasteiger partial charge in [-0.25, -0.2) is 13.1 Å². The lowest BCUT2D eigenvalue weighted by Crippen LogP contribution is -2.42. The highest BCUT2D eigenvalue weighted by atomic mass is 32.2. The Morgan fingerprint density at radius 3 is 2.61 bits per heavy atom. The van der Waals surface area contributed by atoms with Crippen molar-refractivity contribution in [3.63, 3.8) is 0 Å². The van der Waals surface area contributed by atoms with Crippen LogP contribution in [0.3, 0.4) is 0 Å². The van der Waals surface area contributed by atoms with Crippen LogP contribution in [0.5, 0.6) is 0 Å². The second kappa shape index (κ2) is 11.3. The highest BCUT2D eigenvalue weighted by Crippen LogP contribution is 2.33. The molecular weight excluding hydrogens is 502 g/mol. The van der Waals surface area contributed by atoms with E-state index in [2.05, 4.69) is 38.1 Å². The van der Waals surface area contributed by atoms with Crippen LogP contribution in [0.2, 0.25) is 0 Å². The molecule has 2 aromatic carbocycles. The Balaban J connectivity index is 1.29. The number of carboxylic acid groups (broad SMARTS) is 1. The first-order chi connectivity index (χ1) is 18.3. The number of benzene rings is 2. The fourth-order valence-corrected chi connectivity index (χ4v) is 6.70. The summed E-state index contributed by atoms with van der Waals surface area (Å²) < 4.78 is 29.7. The van der Waals surface area contributed by atoms with Crippen molar-refractivity contribution in [1.29, 1.82) is 0 Å². The molecule has 2 heterocycles. The molecule has 1 fully saturated rings. The van der Waals surface area contributed by atoms with E-state index >= 15 is 0 Å². The van der Waals surface area contributed by atoms with Gasteiger partial charge in [0.15, 0.2) is 0 Å². The zero-order chi connectivity index (χ0) is 26.7. The lowest BCUT2D eigenvalue weighted by atomic mass is 9.86. The first-order valence-electron chi connectivity index (χ1n) is 13.3. The number of sulfonamides is 1. The van der Waals surface area contributed by atoms with Crippen molar-refractivity contribution in [3.8, 4) is 0 Å². The van der Waals surface area contributed by atoms with E-state index in [0.717, 1.165) is 31.4 Å². The molecule has 2 aliphatic rings. The van der Waals surface area contributed by atoms with E-state index in [9.17, 15) is 18.3 Å². The van der Waals surface area contributed by atoms with Crippen molar-refractivity contribution >= 4 is 16.0 Å². The van der Waals surface area contributed by atoms with Crippen LogP contribution in [0.4, 0.5) is 0 Å². The van der Waals surface area contributed by atoms with Gasteiger partial charge in [0.2, 0.25) is 10.0 Å². The van der Waals surface area contributed by atoms with Crippen molar-refractivity contribution in [1.82, 2.24) is 24.6 Å². The quantitative estimate of drug-likeness (QED) is 0.429. The third-order valence-corrected chi connectivity index (χ3v) is 9.05. The van der Waals surface area contributed by atoms with Crippen molar-refractivity contribution < 1.29 is 18.3 Å². The minimum Gasteiger partial charge on any atom is -0.480 e. The molecule has 0 bridgehead atoms. The molecule has 9 nitrogen and oxygen atoms in total. The van der Waals surface area contributed by atoms with Crippen LogP contribution in [0, 0.1) is 6.92 Å². The van der Waals surface area contributed by atoms with Crippen LogP contribution >= 0.6 is 0 Å². The largest absolute Gasteiger partial charge is 0.480 e. The monoisotopic (exact) mass is 537 g/mol. The lowest BCUT2D eigenvalue weighted by molar-refractivity contribution is -0.138. The maximum Gasteiger partial charge on any atom is 0.322 e. The zero-order valence-corrected chi connectivity index (χ0v) is 22.5. The molecule has 0 amide bonds. The molecule has 38 heavy (non-hydrogen) atoms. The van der Waals surface area contributed by atoms with Crippen molar-refractivity contribution in [3.05, 3.63) is 76.6 Å². The second-order valence-corrected chi connectivity index (χ2v) is 12.2. The van der Waals surface area contributed by atoms with Crippen LogP contribution in [-0.4, -0.2) is 58.5 Å². The summed E-state index contributed by atoms with van der Waals surface area (Å²) in [6, 6.07) is 11.7. The summed E-state index contributed by atoms with van der Waals surface area (Å²) in [7, 11) is -4.00. The number of likely N-dealkylation sites (tertiary alicyclic amines) is 1. The van der Waals surface area contributed by atoms with Crippen LogP contribution in [-0.2, 0) is 34.2 Å². The van der Waals surface area contributed by atoms with E-state index in [1.807, 2.05) is 6.92 Å². The van der Waals surface area contributed by atoms with Gasteiger partial charge < -0.3 is 5.11 Å². The summed E-state index contributed by atoms with van der Waals surface area (Å²) in [4.78, 5) is 14.5. The predicted molar refractivity (Wildman–Crippen MR) is 143 cm³/mol. The average Bonchev–Trinajstić information content (AvgIpc) is 3.37. The first-order valence-corrected chi connectivity index (χ1v) is 14.8. The number of hydrogen-bond acceptors (Lipinski definition) is 6. The predicted octanol–water partition coefficient (Wildman–Crippen LogP) is 3.47. The Morgan fingerprint density at radius 1 is 1.11 bits per heavy atom. The van der Waals surface area contributed by atoms with Gasteiger partial charge in [-0.3, -0.25) is 9.69 Å². The van der Waals surface area contributed by atoms with Gasteiger partial charge in [0, 0.05) is 19.2 Å². The Morgan fingerprint density at radius 2 is 1.87 bits per heavy atom. The summed E-state index contributed by atoms with van der Waals surface area (Å²) >= 11 is 0. The molecule has 1 aliphatic carbocycles. The summed E-state index contributed by atoms with van der Waals surface area (Å²) in [6.45, 7) is 5.17. The van der Waals surface area contributed by atoms with Gasteiger partial charge in [0.1, 0.15) is 6.04 Å².